The summed E-state index contributed by atoms with van der Waals surface area (Å²) in [4.78, 5) is 31.7. The van der Waals surface area contributed by atoms with Crippen LogP contribution in [0.4, 0.5) is 11.6 Å². The van der Waals surface area contributed by atoms with E-state index in [4.69, 9.17) is 9.47 Å². The highest BCUT2D eigenvalue weighted by molar-refractivity contribution is 5.90. The number of anilines is 2. The van der Waals surface area contributed by atoms with E-state index >= 15 is 0 Å². The van der Waals surface area contributed by atoms with E-state index in [0.29, 0.717) is 23.1 Å². The van der Waals surface area contributed by atoms with Gasteiger partial charge in [-0.2, -0.15) is 0 Å². The van der Waals surface area contributed by atoms with E-state index in [9.17, 15) is 9.59 Å². The summed E-state index contributed by atoms with van der Waals surface area (Å²) in [5, 5.41) is 2.80. The van der Waals surface area contributed by atoms with E-state index in [2.05, 4.69) is 10.3 Å². The maximum absolute atomic E-state index is 12.6. The number of amides is 1. The minimum Gasteiger partial charge on any atom is -0.497 e. The van der Waals surface area contributed by atoms with Crippen molar-refractivity contribution in [1.29, 1.82) is 0 Å². The second-order valence-electron chi connectivity index (χ2n) is 6.38. The number of methoxy groups -OCH3 is 2. The molecule has 1 N–H and O–H groups in total. The second kappa shape index (κ2) is 8.68. The van der Waals surface area contributed by atoms with Crippen molar-refractivity contribution in [3.63, 3.8) is 0 Å². The number of nitrogens with one attached hydrogen (secondary N) is 1. The van der Waals surface area contributed by atoms with Crippen LogP contribution in [0.25, 0.3) is 0 Å². The molecule has 0 saturated carbocycles. The number of carbonyl (C=O) groups is 1. The first-order valence-corrected chi connectivity index (χ1v) is 8.89. The van der Waals surface area contributed by atoms with Crippen molar-refractivity contribution in [2.24, 2.45) is 0 Å². The van der Waals surface area contributed by atoms with Crippen LogP contribution in [-0.4, -0.2) is 42.8 Å². The van der Waals surface area contributed by atoms with Crippen LogP contribution in [0, 0.1) is 0 Å². The van der Waals surface area contributed by atoms with Crippen molar-refractivity contribution in [2.45, 2.75) is 26.0 Å². The normalized spacial score (nSPS) is 13.6. The predicted molar refractivity (Wildman–Crippen MR) is 102 cm³/mol. The lowest BCUT2D eigenvalue weighted by atomic mass is 10.3. The minimum absolute atomic E-state index is 0.100. The summed E-state index contributed by atoms with van der Waals surface area (Å²) in [6.45, 7) is 1.80. The van der Waals surface area contributed by atoms with Gasteiger partial charge in [-0.3, -0.25) is 14.2 Å². The van der Waals surface area contributed by atoms with Gasteiger partial charge in [-0.05, 0) is 37.1 Å². The molecule has 0 radical (unpaired) electrons. The van der Waals surface area contributed by atoms with Crippen molar-refractivity contribution in [2.75, 3.05) is 37.5 Å². The zero-order valence-corrected chi connectivity index (χ0v) is 15.6. The van der Waals surface area contributed by atoms with Crippen LogP contribution in [0.15, 0.2) is 35.1 Å². The van der Waals surface area contributed by atoms with Gasteiger partial charge < -0.3 is 19.7 Å². The Bertz CT molecular complexity index is 842. The molecule has 2 aromatic rings. The van der Waals surface area contributed by atoms with Crippen molar-refractivity contribution in [3.8, 4) is 5.75 Å². The van der Waals surface area contributed by atoms with E-state index in [1.165, 1.54) is 10.6 Å². The monoisotopic (exact) mass is 372 g/mol. The van der Waals surface area contributed by atoms with Gasteiger partial charge in [0.2, 0.25) is 11.9 Å². The van der Waals surface area contributed by atoms with Crippen LogP contribution in [0.3, 0.4) is 0 Å². The highest BCUT2D eigenvalue weighted by Crippen LogP contribution is 2.18. The lowest BCUT2D eigenvalue weighted by Crippen LogP contribution is -2.34. The van der Waals surface area contributed by atoms with Crippen LogP contribution < -0.4 is 20.5 Å². The summed E-state index contributed by atoms with van der Waals surface area (Å²) in [6, 6.07) is 8.45. The molecule has 0 atom stereocenters. The summed E-state index contributed by atoms with van der Waals surface area (Å²) in [6.07, 6.45) is 2.09. The summed E-state index contributed by atoms with van der Waals surface area (Å²) in [5.41, 5.74) is 0.945. The van der Waals surface area contributed by atoms with Crippen molar-refractivity contribution in [1.82, 2.24) is 9.55 Å². The molecular formula is C19H24N4O4. The van der Waals surface area contributed by atoms with Crippen LogP contribution in [0.2, 0.25) is 0 Å². The number of benzene rings is 1. The van der Waals surface area contributed by atoms with E-state index in [-0.39, 0.29) is 24.6 Å². The maximum Gasteiger partial charge on any atom is 0.255 e. The molecule has 1 aromatic heterocycles. The van der Waals surface area contributed by atoms with Crippen molar-refractivity contribution < 1.29 is 14.3 Å². The fourth-order valence-corrected chi connectivity index (χ4v) is 3.09. The Balaban J connectivity index is 1.81. The van der Waals surface area contributed by atoms with Gasteiger partial charge in [0.05, 0.1) is 19.4 Å². The lowest BCUT2D eigenvalue weighted by molar-refractivity contribution is -0.116. The molecule has 0 aliphatic carbocycles. The zero-order chi connectivity index (χ0) is 19.2. The average molecular weight is 372 g/mol. The molecule has 1 aliphatic rings. The lowest BCUT2D eigenvalue weighted by Gasteiger charge is -2.21. The summed E-state index contributed by atoms with van der Waals surface area (Å²) < 4.78 is 11.6. The molecular weight excluding hydrogens is 348 g/mol. The average Bonchev–Trinajstić information content (AvgIpc) is 3.19. The third kappa shape index (κ3) is 4.65. The molecule has 27 heavy (non-hydrogen) atoms. The first-order valence-electron chi connectivity index (χ1n) is 8.89. The zero-order valence-electron chi connectivity index (χ0n) is 15.6. The van der Waals surface area contributed by atoms with Gasteiger partial charge >= 0.3 is 0 Å². The Morgan fingerprint density at radius 2 is 1.89 bits per heavy atom. The topological polar surface area (TPSA) is 85.7 Å². The molecule has 0 unspecified atom stereocenters. The maximum atomic E-state index is 12.6. The molecule has 8 nitrogen and oxygen atoms in total. The summed E-state index contributed by atoms with van der Waals surface area (Å²) in [7, 11) is 3.14. The first kappa shape index (κ1) is 18.9. The van der Waals surface area contributed by atoms with Crippen LogP contribution in [0.5, 0.6) is 5.75 Å². The molecule has 3 rings (SSSR count). The quantitative estimate of drug-likeness (QED) is 0.795. The Morgan fingerprint density at radius 3 is 2.52 bits per heavy atom. The molecule has 1 aromatic carbocycles. The third-order valence-corrected chi connectivity index (χ3v) is 4.40. The molecule has 144 valence electrons. The standard InChI is InChI=1S/C19H24N4O4/c1-26-13-15-11-18(25)23(19(21-15)22-9-3-4-10-22)12-17(24)20-14-5-7-16(27-2)8-6-14/h5-8,11H,3-4,9-10,12-13H2,1-2H3,(H,20,24). The van der Waals surface area contributed by atoms with E-state index in [1.807, 2.05) is 4.90 Å². The third-order valence-electron chi connectivity index (χ3n) is 4.40. The van der Waals surface area contributed by atoms with Crippen molar-refractivity contribution in [3.05, 3.63) is 46.4 Å². The number of aromatic nitrogens is 2. The van der Waals surface area contributed by atoms with Gasteiger partial charge in [0.1, 0.15) is 12.3 Å². The molecule has 8 heteroatoms. The van der Waals surface area contributed by atoms with E-state index < -0.39 is 0 Å². The highest BCUT2D eigenvalue weighted by Gasteiger charge is 2.20. The molecule has 1 saturated heterocycles. The molecule has 1 fully saturated rings. The van der Waals surface area contributed by atoms with Gasteiger partial charge in [-0.15, -0.1) is 0 Å². The van der Waals surface area contributed by atoms with Gasteiger partial charge in [-0.1, -0.05) is 0 Å². The largest absolute Gasteiger partial charge is 0.497 e. The number of hydrogen-bond acceptors (Lipinski definition) is 6. The second-order valence-corrected chi connectivity index (χ2v) is 6.38. The van der Waals surface area contributed by atoms with Gasteiger partial charge in [0, 0.05) is 32.0 Å². The first-order chi connectivity index (χ1) is 13.1. The van der Waals surface area contributed by atoms with Gasteiger partial charge in [0.15, 0.2) is 0 Å². The highest BCUT2D eigenvalue weighted by atomic mass is 16.5. The number of hydrogen-bond donors (Lipinski definition) is 1. The summed E-state index contributed by atoms with van der Waals surface area (Å²) >= 11 is 0. The molecule has 0 bridgehead atoms. The van der Waals surface area contributed by atoms with E-state index in [1.54, 1.807) is 38.5 Å². The molecule has 2 heterocycles. The Hall–Kier alpha value is -2.87. The van der Waals surface area contributed by atoms with E-state index in [0.717, 1.165) is 25.9 Å². The minimum atomic E-state index is -0.288. The van der Waals surface area contributed by atoms with Gasteiger partial charge in [0.25, 0.3) is 5.56 Å². The number of ether oxygens (including phenoxy) is 2. The Kier molecular flexibility index (Phi) is 6.08. The predicted octanol–water partition coefficient (Wildman–Crippen LogP) is 1.64. The molecule has 1 aliphatic heterocycles. The Morgan fingerprint density at radius 1 is 1.19 bits per heavy atom. The fraction of sp³-hybridized carbons (Fsp3) is 0.421. The molecule has 0 spiro atoms. The number of nitrogens with zero attached hydrogens (tertiary/aromatic N) is 3. The van der Waals surface area contributed by atoms with Gasteiger partial charge in [-0.25, -0.2) is 4.98 Å². The SMILES string of the molecule is COCc1cc(=O)n(CC(=O)Nc2ccc(OC)cc2)c(N2CCCC2)n1. The number of rotatable bonds is 7. The molecule has 1 amide bonds. The van der Waals surface area contributed by atoms with Crippen molar-refractivity contribution >= 4 is 17.5 Å². The smallest absolute Gasteiger partial charge is 0.255 e. The Labute approximate surface area is 157 Å². The fourth-order valence-electron chi connectivity index (χ4n) is 3.09. The van der Waals surface area contributed by atoms with Crippen LogP contribution in [-0.2, 0) is 22.7 Å². The number of carbonyl (C=O) groups excluding carboxylic acids is 1. The van der Waals surface area contributed by atoms with Crippen LogP contribution in [0.1, 0.15) is 18.5 Å². The van der Waals surface area contributed by atoms with Crippen LogP contribution >= 0.6 is 0 Å². The summed E-state index contributed by atoms with van der Waals surface area (Å²) in [5.74, 6) is 0.944.